The van der Waals surface area contributed by atoms with Crippen molar-refractivity contribution in [3.05, 3.63) is 60.2 Å². The van der Waals surface area contributed by atoms with Crippen molar-refractivity contribution in [2.24, 2.45) is 0 Å². The van der Waals surface area contributed by atoms with Gasteiger partial charge in [-0.2, -0.15) is 0 Å². The monoisotopic (exact) mass is 324 g/mol. The molecule has 0 saturated heterocycles. The highest BCUT2D eigenvalue weighted by Gasteiger charge is 2.31. The number of hydrogen-bond donors (Lipinski definition) is 0. The molecule has 0 aliphatic heterocycles. The first-order valence-corrected chi connectivity index (χ1v) is 8.36. The summed E-state index contributed by atoms with van der Waals surface area (Å²) in [4.78, 5) is 16.7. The van der Waals surface area contributed by atoms with Crippen LogP contribution in [0, 0.1) is 0 Å². The molecule has 0 atom stereocenters. The van der Waals surface area contributed by atoms with Crippen molar-refractivity contribution in [1.29, 1.82) is 0 Å². The van der Waals surface area contributed by atoms with Crippen LogP contribution in [0.2, 0.25) is 0 Å². The number of para-hydroxylation sites is 2. The molecule has 4 nitrogen and oxygen atoms in total. The highest BCUT2D eigenvalue weighted by Crippen LogP contribution is 2.30. The molecule has 1 saturated carbocycles. The number of rotatable bonds is 7. The van der Waals surface area contributed by atoms with Gasteiger partial charge in [0.1, 0.15) is 5.75 Å². The fourth-order valence-corrected chi connectivity index (χ4v) is 2.88. The van der Waals surface area contributed by atoms with Crippen LogP contribution in [0.3, 0.4) is 0 Å². The van der Waals surface area contributed by atoms with Gasteiger partial charge in [0, 0.05) is 30.9 Å². The minimum absolute atomic E-state index is 0.114. The largest absolute Gasteiger partial charge is 0.496 e. The van der Waals surface area contributed by atoms with Crippen LogP contribution in [0.5, 0.6) is 5.75 Å². The Kier molecular flexibility index (Phi) is 5.16. The van der Waals surface area contributed by atoms with E-state index in [1.165, 1.54) is 0 Å². The lowest BCUT2D eigenvalue weighted by Gasteiger charge is -2.25. The molecule has 1 fully saturated rings. The maximum absolute atomic E-state index is 12.7. The standard InChI is InChI=1S/C20H24N2O2/c1-21(17-9-4-3-5-10-17)20(23)15-22(18-12-13-18)14-16-8-6-7-11-19(16)24-2/h3-11,18H,12-15H2,1-2H3. The molecule has 0 radical (unpaired) electrons. The van der Waals surface area contributed by atoms with Gasteiger partial charge in [-0.1, -0.05) is 36.4 Å². The second-order valence-electron chi connectivity index (χ2n) is 6.24. The highest BCUT2D eigenvalue weighted by atomic mass is 16.5. The molecule has 0 aromatic heterocycles. The Morgan fingerprint density at radius 1 is 1.08 bits per heavy atom. The second-order valence-corrected chi connectivity index (χ2v) is 6.24. The molecule has 1 aliphatic carbocycles. The Balaban J connectivity index is 1.69. The summed E-state index contributed by atoms with van der Waals surface area (Å²) in [6.07, 6.45) is 2.33. The summed E-state index contributed by atoms with van der Waals surface area (Å²) in [5, 5.41) is 0. The molecule has 4 heteroatoms. The van der Waals surface area contributed by atoms with Crippen LogP contribution in [0.25, 0.3) is 0 Å². The third-order valence-corrected chi connectivity index (χ3v) is 4.49. The van der Waals surface area contributed by atoms with Gasteiger partial charge < -0.3 is 9.64 Å². The van der Waals surface area contributed by atoms with Crippen molar-refractivity contribution in [2.45, 2.75) is 25.4 Å². The fourth-order valence-electron chi connectivity index (χ4n) is 2.88. The number of likely N-dealkylation sites (N-methyl/N-ethyl adjacent to an activating group) is 1. The Labute approximate surface area is 143 Å². The van der Waals surface area contributed by atoms with Crippen molar-refractivity contribution in [2.75, 3.05) is 25.6 Å². The fraction of sp³-hybridized carbons (Fsp3) is 0.350. The van der Waals surface area contributed by atoms with E-state index in [-0.39, 0.29) is 5.91 Å². The predicted molar refractivity (Wildman–Crippen MR) is 96.3 cm³/mol. The minimum Gasteiger partial charge on any atom is -0.496 e. The normalized spacial score (nSPS) is 13.8. The van der Waals surface area contributed by atoms with Gasteiger partial charge in [-0.05, 0) is 31.0 Å². The van der Waals surface area contributed by atoms with Crippen molar-refractivity contribution in [1.82, 2.24) is 4.90 Å². The summed E-state index contributed by atoms with van der Waals surface area (Å²) in [6.45, 7) is 1.16. The third kappa shape index (κ3) is 3.95. The smallest absolute Gasteiger partial charge is 0.240 e. The highest BCUT2D eigenvalue weighted by molar-refractivity contribution is 5.94. The average Bonchev–Trinajstić information content (AvgIpc) is 3.46. The van der Waals surface area contributed by atoms with E-state index in [1.807, 2.05) is 55.6 Å². The van der Waals surface area contributed by atoms with E-state index < -0.39 is 0 Å². The van der Waals surface area contributed by atoms with Gasteiger partial charge in [-0.15, -0.1) is 0 Å². The van der Waals surface area contributed by atoms with Gasteiger partial charge in [-0.25, -0.2) is 0 Å². The number of nitrogens with zero attached hydrogens (tertiary/aromatic N) is 2. The lowest BCUT2D eigenvalue weighted by atomic mass is 10.2. The van der Waals surface area contributed by atoms with E-state index in [0.717, 1.165) is 36.4 Å². The summed E-state index contributed by atoms with van der Waals surface area (Å²) in [5.74, 6) is 0.995. The first-order chi connectivity index (χ1) is 11.7. The van der Waals surface area contributed by atoms with E-state index in [4.69, 9.17) is 4.74 Å². The average molecular weight is 324 g/mol. The quantitative estimate of drug-likeness (QED) is 0.783. The van der Waals surface area contributed by atoms with Gasteiger partial charge in [0.15, 0.2) is 0 Å². The molecular formula is C20H24N2O2. The van der Waals surface area contributed by atoms with Crippen LogP contribution in [0.1, 0.15) is 18.4 Å². The molecular weight excluding hydrogens is 300 g/mol. The second kappa shape index (κ2) is 7.49. The maximum atomic E-state index is 12.7. The van der Waals surface area contributed by atoms with Crippen LogP contribution in [0.4, 0.5) is 5.69 Å². The number of hydrogen-bond acceptors (Lipinski definition) is 3. The third-order valence-electron chi connectivity index (χ3n) is 4.49. The van der Waals surface area contributed by atoms with Gasteiger partial charge >= 0.3 is 0 Å². The van der Waals surface area contributed by atoms with E-state index in [1.54, 1.807) is 12.0 Å². The molecule has 126 valence electrons. The van der Waals surface area contributed by atoms with E-state index in [9.17, 15) is 4.79 Å². The summed E-state index contributed by atoms with van der Waals surface area (Å²) >= 11 is 0. The van der Waals surface area contributed by atoms with Gasteiger partial charge in [0.2, 0.25) is 5.91 Å². The molecule has 2 aromatic carbocycles. The Morgan fingerprint density at radius 2 is 1.75 bits per heavy atom. The topological polar surface area (TPSA) is 32.8 Å². The van der Waals surface area contributed by atoms with E-state index in [2.05, 4.69) is 11.0 Å². The molecule has 0 unspecified atom stereocenters. The van der Waals surface area contributed by atoms with Crippen LogP contribution < -0.4 is 9.64 Å². The number of carbonyl (C=O) groups is 1. The van der Waals surface area contributed by atoms with Gasteiger partial charge in [0.05, 0.1) is 13.7 Å². The van der Waals surface area contributed by atoms with Crippen molar-refractivity contribution >= 4 is 11.6 Å². The van der Waals surface area contributed by atoms with Crippen LogP contribution in [-0.2, 0) is 11.3 Å². The zero-order valence-corrected chi connectivity index (χ0v) is 14.3. The van der Waals surface area contributed by atoms with E-state index in [0.29, 0.717) is 12.6 Å². The van der Waals surface area contributed by atoms with Crippen molar-refractivity contribution < 1.29 is 9.53 Å². The molecule has 3 rings (SSSR count). The summed E-state index contributed by atoms with van der Waals surface area (Å²) < 4.78 is 5.45. The number of anilines is 1. The molecule has 1 amide bonds. The van der Waals surface area contributed by atoms with Crippen LogP contribution in [-0.4, -0.2) is 37.6 Å². The minimum atomic E-state index is 0.114. The zero-order chi connectivity index (χ0) is 16.9. The number of amides is 1. The van der Waals surface area contributed by atoms with Crippen LogP contribution in [0.15, 0.2) is 54.6 Å². The van der Waals surface area contributed by atoms with E-state index >= 15 is 0 Å². The molecule has 0 spiro atoms. The molecule has 24 heavy (non-hydrogen) atoms. The zero-order valence-electron chi connectivity index (χ0n) is 14.3. The maximum Gasteiger partial charge on any atom is 0.240 e. The van der Waals surface area contributed by atoms with Crippen molar-refractivity contribution in [3.8, 4) is 5.75 Å². The number of methoxy groups -OCH3 is 1. The Bertz CT molecular complexity index is 683. The summed E-state index contributed by atoms with van der Waals surface area (Å²) in [7, 11) is 3.53. The summed E-state index contributed by atoms with van der Waals surface area (Å²) in [5.41, 5.74) is 2.05. The molecule has 0 heterocycles. The summed E-state index contributed by atoms with van der Waals surface area (Å²) in [6, 6.07) is 18.3. The first-order valence-electron chi connectivity index (χ1n) is 8.36. The Hall–Kier alpha value is -2.33. The number of benzene rings is 2. The molecule has 1 aliphatic rings. The lowest BCUT2D eigenvalue weighted by Crippen LogP contribution is -2.39. The predicted octanol–water partition coefficient (Wildman–Crippen LogP) is 3.32. The molecule has 0 N–H and O–H groups in total. The van der Waals surface area contributed by atoms with Crippen LogP contribution >= 0.6 is 0 Å². The first kappa shape index (κ1) is 16.5. The molecule has 2 aromatic rings. The lowest BCUT2D eigenvalue weighted by molar-refractivity contribution is -0.119. The Morgan fingerprint density at radius 3 is 2.42 bits per heavy atom. The molecule has 0 bridgehead atoms. The van der Waals surface area contributed by atoms with Crippen molar-refractivity contribution in [3.63, 3.8) is 0 Å². The number of ether oxygens (including phenoxy) is 1. The van der Waals surface area contributed by atoms with Gasteiger partial charge in [-0.3, -0.25) is 9.69 Å². The van der Waals surface area contributed by atoms with Gasteiger partial charge in [0.25, 0.3) is 0 Å². The SMILES string of the molecule is COc1ccccc1CN(CC(=O)N(C)c1ccccc1)C1CC1. The number of carbonyl (C=O) groups excluding carboxylic acids is 1.